The number of likely N-dealkylation sites (N-methyl/N-ethyl adjacent to an activating group) is 2. The average Bonchev–Trinajstić information content (AvgIpc) is 3.60. The number of carbonyl (C=O) groups is 1. The summed E-state index contributed by atoms with van der Waals surface area (Å²) in [6.07, 6.45) is 5.10. The Bertz CT molecular complexity index is 1960. The van der Waals surface area contributed by atoms with Crippen molar-refractivity contribution in [2.24, 2.45) is 0 Å². The summed E-state index contributed by atoms with van der Waals surface area (Å²) in [5, 5.41) is 12.4. The summed E-state index contributed by atoms with van der Waals surface area (Å²) in [6.45, 7) is 1.44. The van der Waals surface area contributed by atoms with Crippen LogP contribution < -0.4 is 10.1 Å². The van der Waals surface area contributed by atoms with Gasteiger partial charge >= 0.3 is 0 Å². The molecule has 0 aliphatic rings. The molecular weight excluding hydrogens is 559 g/mol. The third-order valence-corrected chi connectivity index (χ3v) is 7.13. The normalized spacial score (nSPS) is 11.6. The molecule has 11 heteroatoms. The molecule has 44 heavy (non-hydrogen) atoms. The number of amides is 1. The molecular formula is C33H33FN8O2. The summed E-state index contributed by atoms with van der Waals surface area (Å²) in [7, 11) is 7.61. The number of aromatic amines is 2. The van der Waals surface area contributed by atoms with E-state index in [2.05, 4.69) is 30.5 Å². The molecule has 0 bridgehead atoms. The molecule has 0 saturated carbocycles. The molecule has 0 aliphatic heterocycles. The van der Waals surface area contributed by atoms with Crippen molar-refractivity contribution < 1.29 is 13.9 Å². The third kappa shape index (κ3) is 6.29. The molecule has 2 aromatic carbocycles. The van der Waals surface area contributed by atoms with Crippen LogP contribution in [0.4, 0.5) is 10.1 Å². The van der Waals surface area contributed by atoms with E-state index in [1.807, 2.05) is 75.6 Å². The number of benzene rings is 2. The number of halogens is 1. The van der Waals surface area contributed by atoms with Gasteiger partial charge in [-0.05, 0) is 76.2 Å². The van der Waals surface area contributed by atoms with E-state index in [4.69, 9.17) is 4.74 Å². The predicted octanol–water partition coefficient (Wildman–Crippen LogP) is 5.41. The zero-order valence-corrected chi connectivity index (χ0v) is 25.0. The zero-order valence-electron chi connectivity index (χ0n) is 25.0. The van der Waals surface area contributed by atoms with Gasteiger partial charge in [0.15, 0.2) is 0 Å². The molecule has 4 aromatic heterocycles. The van der Waals surface area contributed by atoms with E-state index in [-0.39, 0.29) is 12.5 Å². The quantitative estimate of drug-likeness (QED) is 0.195. The van der Waals surface area contributed by atoms with E-state index in [1.54, 1.807) is 23.5 Å². The van der Waals surface area contributed by atoms with E-state index in [9.17, 15) is 9.18 Å². The lowest BCUT2D eigenvalue weighted by Gasteiger charge is -2.12. The fourth-order valence-corrected chi connectivity index (χ4v) is 5.09. The van der Waals surface area contributed by atoms with E-state index < -0.39 is 5.82 Å². The Morgan fingerprint density at radius 3 is 2.55 bits per heavy atom. The lowest BCUT2D eigenvalue weighted by atomic mass is 10.0. The van der Waals surface area contributed by atoms with E-state index >= 15 is 0 Å². The second kappa shape index (κ2) is 12.2. The predicted molar refractivity (Wildman–Crippen MR) is 171 cm³/mol. The highest BCUT2D eigenvalue weighted by atomic mass is 19.1. The Hall–Kier alpha value is -5.13. The first-order valence-corrected chi connectivity index (χ1v) is 14.2. The van der Waals surface area contributed by atoms with Gasteiger partial charge in [0.1, 0.15) is 23.9 Å². The molecule has 3 N–H and O–H groups in total. The Morgan fingerprint density at radius 1 is 0.886 bits per heavy atom. The summed E-state index contributed by atoms with van der Waals surface area (Å²) in [4.78, 5) is 28.5. The number of anilines is 1. The number of hydrogen-bond donors (Lipinski definition) is 3. The molecule has 224 valence electrons. The first-order chi connectivity index (χ1) is 21.2. The minimum Gasteiger partial charge on any atom is -0.492 e. The van der Waals surface area contributed by atoms with Gasteiger partial charge in [0.05, 0.1) is 35.3 Å². The first-order valence-electron chi connectivity index (χ1n) is 14.2. The van der Waals surface area contributed by atoms with Crippen LogP contribution in [-0.2, 0) is 4.79 Å². The Balaban J connectivity index is 1.33. The van der Waals surface area contributed by atoms with Crippen LogP contribution in [0.1, 0.15) is 0 Å². The highest BCUT2D eigenvalue weighted by Gasteiger charge is 2.16. The van der Waals surface area contributed by atoms with Crippen molar-refractivity contribution in [2.75, 3.05) is 53.2 Å². The molecule has 4 heterocycles. The van der Waals surface area contributed by atoms with Crippen molar-refractivity contribution in [2.45, 2.75) is 0 Å². The number of nitrogens with zero attached hydrogens (tertiary/aromatic N) is 5. The molecule has 6 aromatic rings. The highest BCUT2D eigenvalue weighted by molar-refractivity contribution is 6.01. The molecule has 0 fully saturated rings. The second-order valence-electron chi connectivity index (χ2n) is 11.2. The van der Waals surface area contributed by atoms with Crippen LogP contribution >= 0.6 is 0 Å². The summed E-state index contributed by atoms with van der Waals surface area (Å²) >= 11 is 0. The number of carbonyl (C=O) groups excluding carboxylic acids is 1. The van der Waals surface area contributed by atoms with Crippen LogP contribution in [0.25, 0.3) is 55.6 Å². The monoisotopic (exact) mass is 592 g/mol. The molecule has 0 saturated heterocycles. The van der Waals surface area contributed by atoms with Crippen LogP contribution in [0.3, 0.4) is 0 Å². The highest BCUT2D eigenvalue weighted by Crippen LogP contribution is 2.35. The summed E-state index contributed by atoms with van der Waals surface area (Å²) in [6, 6.07) is 16.4. The zero-order chi connectivity index (χ0) is 30.8. The number of rotatable bonds is 10. The van der Waals surface area contributed by atoms with Gasteiger partial charge in [-0.3, -0.25) is 19.9 Å². The molecule has 0 spiro atoms. The Kier molecular flexibility index (Phi) is 8.05. The van der Waals surface area contributed by atoms with Gasteiger partial charge in [0.2, 0.25) is 5.91 Å². The molecule has 0 aliphatic carbocycles. The Labute approximate surface area is 253 Å². The van der Waals surface area contributed by atoms with Gasteiger partial charge in [-0.25, -0.2) is 4.39 Å². The Morgan fingerprint density at radius 2 is 1.73 bits per heavy atom. The maximum absolute atomic E-state index is 14.7. The lowest BCUT2D eigenvalue weighted by molar-refractivity contribution is -0.116. The van der Waals surface area contributed by atoms with Gasteiger partial charge in [-0.15, -0.1) is 0 Å². The maximum Gasteiger partial charge on any atom is 0.238 e. The van der Waals surface area contributed by atoms with Crippen LogP contribution in [-0.4, -0.2) is 88.7 Å². The molecule has 0 radical (unpaired) electrons. The van der Waals surface area contributed by atoms with Crippen LogP contribution in [0.5, 0.6) is 5.75 Å². The minimum absolute atomic E-state index is 0.111. The van der Waals surface area contributed by atoms with E-state index in [0.29, 0.717) is 29.3 Å². The number of fused-ring (bicyclic) bond motifs is 2. The van der Waals surface area contributed by atoms with Crippen LogP contribution in [0, 0.1) is 5.82 Å². The third-order valence-electron chi connectivity index (χ3n) is 7.13. The van der Waals surface area contributed by atoms with E-state index in [0.717, 1.165) is 50.9 Å². The molecule has 10 nitrogen and oxygen atoms in total. The maximum atomic E-state index is 14.7. The molecule has 0 unspecified atom stereocenters. The SMILES string of the molecule is CN(C)CCOc1cc(F)cc(-c2nccc3[nH]c(-c4n[nH]c5ccc(-c6cncc(NC(=O)CN(C)C)c6)cc45)cc23)c1. The van der Waals surface area contributed by atoms with Gasteiger partial charge in [-0.2, -0.15) is 5.10 Å². The summed E-state index contributed by atoms with van der Waals surface area (Å²) < 4.78 is 20.5. The lowest BCUT2D eigenvalue weighted by Crippen LogP contribution is -2.27. The number of aromatic nitrogens is 5. The smallest absolute Gasteiger partial charge is 0.238 e. The standard InChI is InChI=1S/C33H33FN8O2/c1-41(2)9-10-44-25-13-21(11-23(34)15-25)32-27-16-30(38-28(27)7-8-36-32)33-26-14-20(5-6-29(26)39-40-33)22-12-24(18-35-17-22)37-31(43)19-42(3)4/h5-8,11-18,38H,9-10,19H2,1-4H3,(H,37,43)(H,39,40). The van der Waals surface area contributed by atoms with Crippen LogP contribution in [0.2, 0.25) is 0 Å². The molecule has 6 rings (SSSR count). The van der Waals surface area contributed by atoms with Crippen molar-refractivity contribution in [3.05, 3.63) is 79.0 Å². The summed E-state index contributed by atoms with van der Waals surface area (Å²) in [5.74, 6) is -0.0443. The summed E-state index contributed by atoms with van der Waals surface area (Å²) in [5.41, 5.74) is 6.92. The van der Waals surface area contributed by atoms with Gasteiger partial charge in [-0.1, -0.05) is 6.07 Å². The van der Waals surface area contributed by atoms with E-state index in [1.165, 1.54) is 12.1 Å². The van der Waals surface area contributed by atoms with Crippen molar-refractivity contribution in [1.82, 2.24) is 34.9 Å². The van der Waals surface area contributed by atoms with Crippen molar-refractivity contribution >= 4 is 33.4 Å². The number of ether oxygens (including phenoxy) is 1. The van der Waals surface area contributed by atoms with Crippen LogP contribution in [0.15, 0.2) is 73.2 Å². The van der Waals surface area contributed by atoms with Gasteiger partial charge in [0, 0.05) is 52.4 Å². The number of hydrogen-bond acceptors (Lipinski definition) is 7. The number of pyridine rings is 2. The minimum atomic E-state index is -0.390. The van der Waals surface area contributed by atoms with Crippen molar-refractivity contribution in [3.63, 3.8) is 0 Å². The van der Waals surface area contributed by atoms with Crippen molar-refractivity contribution in [3.8, 4) is 39.5 Å². The second-order valence-corrected chi connectivity index (χ2v) is 11.2. The fraction of sp³-hybridized carbons (Fsp3) is 0.212. The first kappa shape index (κ1) is 29.0. The topological polar surface area (TPSA) is 115 Å². The number of nitrogens with one attached hydrogen (secondary N) is 3. The largest absolute Gasteiger partial charge is 0.492 e. The van der Waals surface area contributed by atoms with Gasteiger partial charge < -0.3 is 24.8 Å². The van der Waals surface area contributed by atoms with Crippen molar-refractivity contribution in [1.29, 1.82) is 0 Å². The molecule has 0 atom stereocenters. The van der Waals surface area contributed by atoms with Gasteiger partial charge in [0.25, 0.3) is 0 Å². The molecule has 1 amide bonds. The number of H-pyrrole nitrogens is 2. The fourth-order valence-electron chi connectivity index (χ4n) is 5.09. The average molecular weight is 593 g/mol.